The second kappa shape index (κ2) is 7.47. The highest BCUT2D eigenvalue weighted by molar-refractivity contribution is 5.88. The summed E-state index contributed by atoms with van der Waals surface area (Å²) in [4.78, 5) is 23.2. The fraction of sp³-hybridized carbons (Fsp3) is 0.312. The Hall–Kier alpha value is -2.68. The van der Waals surface area contributed by atoms with E-state index in [1.54, 1.807) is 0 Å². The third-order valence-electron chi connectivity index (χ3n) is 3.43. The molecule has 0 aliphatic heterocycles. The van der Waals surface area contributed by atoms with E-state index in [2.05, 4.69) is 9.84 Å². The summed E-state index contributed by atoms with van der Waals surface area (Å²) in [6, 6.07) is 5.42. The number of nitrogens with zero attached hydrogens (tertiary/aromatic N) is 2. The maximum Gasteiger partial charge on any atom is 0.416 e. The monoisotopic (exact) mass is 356 g/mol. The number of carbonyl (C=O) groups is 1. The van der Waals surface area contributed by atoms with E-state index in [1.807, 2.05) is 0 Å². The van der Waals surface area contributed by atoms with Gasteiger partial charge in [0, 0.05) is 12.5 Å². The zero-order chi connectivity index (χ0) is 18.6. The van der Waals surface area contributed by atoms with Crippen LogP contribution >= 0.6 is 0 Å². The highest BCUT2D eigenvalue weighted by atomic mass is 19.4. The van der Waals surface area contributed by atoms with Crippen molar-refractivity contribution >= 4 is 5.97 Å². The van der Waals surface area contributed by atoms with Crippen LogP contribution in [0.25, 0.3) is 0 Å². The Morgan fingerprint density at radius 3 is 2.48 bits per heavy atom. The van der Waals surface area contributed by atoms with Gasteiger partial charge in [-0.2, -0.15) is 18.3 Å². The molecule has 9 heteroatoms. The van der Waals surface area contributed by atoms with E-state index < -0.39 is 29.4 Å². The van der Waals surface area contributed by atoms with Crippen molar-refractivity contribution in [3.8, 4) is 0 Å². The number of methoxy groups -OCH3 is 1. The summed E-state index contributed by atoms with van der Waals surface area (Å²) < 4.78 is 42.9. The van der Waals surface area contributed by atoms with Crippen molar-refractivity contribution in [3.63, 3.8) is 0 Å². The maximum absolute atomic E-state index is 12.5. The fourth-order valence-corrected chi connectivity index (χ4v) is 2.17. The van der Waals surface area contributed by atoms with E-state index in [0.29, 0.717) is 5.56 Å². The predicted molar refractivity (Wildman–Crippen MR) is 81.0 cm³/mol. The standard InChI is InChI=1S/C16H15F3N2O4/c1-25-15(24)11-7-14(23)21(20-8-11)9-13(22)6-10-2-4-12(5-3-10)16(17,18)19/h2-5,7-8,13,22H,6,9H2,1H3. The van der Waals surface area contributed by atoms with E-state index in [1.165, 1.54) is 19.2 Å². The normalized spacial score (nSPS) is 12.7. The predicted octanol–water partition coefficient (Wildman–Crippen LogP) is 1.65. The second-order valence-corrected chi connectivity index (χ2v) is 5.31. The van der Waals surface area contributed by atoms with Gasteiger partial charge in [-0.15, -0.1) is 0 Å². The number of ether oxygens (including phenoxy) is 1. The fourth-order valence-electron chi connectivity index (χ4n) is 2.17. The van der Waals surface area contributed by atoms with Crippen LogP contribution in [0.2, 0.25) is 0 Å². The second-order valence-electron chi connectivity index (χ2n) is 5.31. The summed E-state index contributed by atoms with van der Waals surface area (Å²) in [5, 5.41) is 13.8. The van der Waals surface area contributed by atoms with Gasteiger partial charge in [0.2, 0.25) is 0 Å². The largest absolute Gasteiger partial charge is 0.465 e. The van der Waals surface area contributed by atoms with Crippen LogP contribution in [0.4, 0.5) is 13.2 Å². The molecule has 1 aromatic carbocycles. The minimum atomic E-state index is -4.42. The molecule has 134 valence electrons. The van der Waals surface area contributed by atoms with Crippen molar-refractivity contribution in [1.29, 1.82) is 0 Å². The van der Waals surface area contributed by atoms with E-state index in [-0.39, 0.29) is 18.5 Å². The molecule has 0 spiro atoms. The van der Waals surface area contributed by atoms with Gasteiger partial charge in [-0.1, -0.05) is 12.1 Å². The van der Waals surface area contributed by atoms with Crippen LogP contribution in [0.5, 0.6) is 0 Å². The third-order valence-corrected chi connectivity index (χ3v) is 3.43. The Morgan fingerprint density at radius 1 is 1.32 bits per heavy atom. The zero-order valence-corrected chi connectivity index (χ0v) is 13.2. The number of halogens is 3. The van der Waals surface area contributed by atoms with Crippen molar-refractivity contribution in [2.24, 2.45) is 0 Å². The van der Waals surface area contributed by atoms with E-state index in [0.717, 1.165) is 29.1 Å². The maximum atomic E-state index is 12.5. The summed E-state index contributed by atoms with van der Waals surface area (Å²) in [5.41, 5.74) is -0.905. The average molecular weight is 356 g/mol. The molecule has 0 fully saturated rings. The highest BCUT2D eigenvalue weighted by Crippen LogP contribution is 2.29. The van der Waals surface area contributed by atoms with Crippen molar-refractivity contribution in [1.82, 2.24) is 9.78 Å². The molecule has 1 atom stereocenters. The number of aromatic nitrogens is 2. The number of carbonyl (C=O) groups excluding carboxylic acids is 1. The number of benzene rings is 1. The lowest BCUT2D eigenvalue weighted by molar-refractivity contribution is -0.137. The lowest BCUT2D eigenvalue weighted by Gasteiger charge is -2.13. The number of rotatable bonds is 5. The minimum absolute atomic E-state index is 0.0130. The Kier molecular flexibility index (Phi) is 5.58. The summed E-state index contributed by atoms with van der Waals surface area (Å²) in [6.45, 7) is -0.165. The van der Waals surface area contributed by atoms with Crippen molar-refractivity contribution in [2.45, 2.75) is 25.2 Å². The van der Waals surface area contributed by atoms with Gasteiger partial charge in [0.05, 0.1) is 37.1 Å². The Balaban J connectivity index is 2.04. The van der Waals surface area contributed by atoms with Crippen LogP contribution in [0, 0.1) is 0 Å². The van der Waals surface area contributed by atoms with Crippen molar-refractivity contribution in [2.75, 3.05) is 7.11 Å². The van der Waals surface area contributed by atoms with Gasteiger partial charge >= 0.3 is 12.1 Å². The summed E-state index contributed by atoms with van der Waals surface area (Å²) in [7, 11) is 1.17. The molecule has 0 saturated carbocycles. The molecule has 25 heavy (non-hydrogen) atoms. The first kappa shape index (κ1) is 18.7. The Morgan fingerprint density at radius 2 is 1.96 bits per heavy atom. The summed E-state index contributed by atoms with van der Waals surface area (Å²) in [6.07, 6.45) is -4.27. The number of hydrogen-bond donors (Lipinski definition) is 1. The molecule has 1 aromatic heterocycles. The molecule has 0 radical (unpaired) electrons. The number of hydrogen-bond acceptors (Lipinski definition) is 5. The van der Waals surface area contributed by atoms with Gasteiger partial charge in [0.15, 0.2) is 0 Å². The molecule has 2 rings (SSSR count). The van der Waals surface area contributed by atoms with Crippen LogP contribution in [-0.2, 0) is 23.9 Å². The highest BCUT2D eigenvalue weighted by Gasteiger charge is 2.30. The number of aliphatic hydroxyl groups is 1. The molecule has 6 nitrogen and oxygen atoms in total. The average Bonchev–Trinajstić information content (AvgIpc) is 2.55. The van der Waals surface area contributed by atoms with Crippen molar-refractivity contribution < 1.29 is 27.8 Å². The third kappa shape index (κ3) is 4.90. The number of alkyl halides is 3. The van der Waals surface area contributed by atoms with E-state index in [9.17, 15) is 27.9 Å². The summed E-state index contributed by atoms with van der Waals surface area (Å²) in [5.74, 6) is -0.706. The van der Waals surface area contributed by atoms with Gasteiger partial charge in [-0.25, -0.2) is 9.48 Å². The van der Waals surface area contributed by atoms with E-state index >= 15 is 0 Å². The first-order chi connectivity index (χ1) is 11.7. The smallest absolute Gasteiger partial charge is 0.416 e. The van der Waals surface area contributed by atoms with Crippen LogP contribution in [0.1, 0.15) is 21.5 Å². The first-order valence-electron chi connectivity index (χ1n) is 7.20. The van der Waals surface area contributed by atoms with Gasteiger partial charge in [-0.05, 0) is 17.7 Å². The molecule has 1 unspecified atom stereocenters. The number of aliphatic hydroxyl groups excluding tert-OH is 1. The Labute approximate surface area is 140 Å². The van der Waals surface area contributed by atoms with Gasteiger partial charge in [0.1, 0.15) is 0 Å². The molecule has 0 aliphatic rings. The molecule has 0 bridgehead atoms. The van der Waals surface area contributed by atoms with Crippen LogP contribution in [0.15, 0.2) is 41.3 Å². The first-order valence-corrected chi connectivity index (χ1v) is 7.20. The lowest BCUT2D eigenvalue weighted by Crippen LogP contribution is -2.30. The minimum Gasteiger partial charge on any atom is -0.465 e. The zero-order valence-electron chi connectivity index (χ0n) is 13.2. The molecule has 1 N–H and O–H groups in total. The number of esters is 1. The SMILES string of the molecule is COC(=O)c1cnn(CC(O)Cc2ccc(C(F)(F)F)cc2)c(=O)c1. The molecule has 0 saturated heterocycles. The van der Waals surface area contributed by atoms with Gasteiger partial charge in [0.25, 0.3) is 5.56 Å². The van der Waals surface area contributed by atoms with E-state index in [4.69, 9.17) is 0 Å². The molecular formula is C16H15F3N2O4. The Bertz CT molecular complexity index is 800. The van der Waals surface area contributed by atoms with Crippen molar-refractivity contribution in [3.05, 3.63) is 63.6 Å². The summed E-state index contributed by atoms with van der Waals surface area (Å²) >= 11 is 0. The topological polar surface area (TPSA) is 81.4 Å². The molecule has 1 heterocycles. The molecule has 2 aromatic rings. The quantitative estimate of drug-likeness (QED) is 0.824. The van der Waals surface area contributed by atoms with Crippen LogP contribution < -0.4 is 5.56 Å². The molecule has 0 aliphatic carbocycles. The van der Waals surface area contributed by atoms with Gasteiger partial charge < -0.3 is 9.84 Å². The van der Waals surface area contributed by atoms with Crippen LogP contribution in [-0.4, -0.2) is 34.1 Å². The lowest BCUT2D eigenvalue weighted by atomic mass is 10.1. The molecule has 0 amide bonds. The molecular weight excluding hydrogens is 341 g/mol. The van der Waals surface area contributed by atoms with Crippen LogP contribution in [0.3, 0.4) is 0 Å². The van der Waals surface area contributed by atoms with Gasteiger partial charge in [-0.3, -0.25) is 4.79 Å².